The second-order valence-corrected chi connectivity index (χ2v) is 6.62. The highest BCUT2D eigenvalue weighted by molar-refractivity contribution is 5.76. The third kappa shape index (κ3) is 4.63. The van der Waals surface area contributed by atoms with Crippen molar-refractivity contribution in [2.75, 3.05) is 13.6 Å². The van der Waals surface area contributed by atoms with Crippen LogP contribution in [0.4, 0.5) is 8.78 Å². The molecule has 5 heteroatoms. The first kappa shape index (κ1) is 17.5. The van der Waals surface area contributed by atoms with Gasteiger partial charge in [0.1, 0.15) is 11.6 Å². The number of amides is 1. The van der Waals surface area contributed by atoms with E-state index in [1.165, 1.54) is 18.2 Å². The zero-order valence-corrected chi connectivity index (χ0v) is 14.3. The number of likely N-dealkylation sites (N-methyl/N-ethyl adjacent to an activating group) is 1. The number of benzene rings is 2. The van der Waals surface area contributed by atoms with Gasteiger partial charge < -0.3 is 5.32 Å². The molecule has 0 unspecified atom stereocenters. The number of carbonyl (C=O) groups is 1. The van der Waals surface area contributed by atoms with Gasteiger partial charge in [0.05, 0.1) is 0 Å². The Morgan fingerprint density at radius 3 is 2.76 bits per heavy atom. The lowest BCUT2D eigenvalue weighted by Gasteiger charge is -2.34. The van der Waals surface area contributed by atoms with Crippen LogP contribution in [-0.2, 0) is 24.2 Å². The third-order valence-electron chi connectivity index (χ3n) is 4.73. The first-order valence-corrected chi connectivity index (χ1v) is 8.50. The zero-order chi connectivity index (χ0) is 17.8. The minimum Gasteiger partial charge on any atom is -0.355 e. The number of aryl methyl sites for hydroxylation is 1. The highest BCUT2D eigenvalue weighted by Gasteiger charge is 2.23. The number of hydrogen-bond donors (Lipinski definition) is 1. The number of halogens is 2. The lowest BCUT2D eigenvalue weighted by Crippen LogP contribution is -2.45. The van der Waals surface area contributed by atoms with Gasteiger partial charge >= 0.3 is 0 Å². The van der Waals surface area contributed by atoms with Crippen LogP contribution < -0.4 is 5.32 Å². The molecular weight excluding hydrogens is 322 g/mol. The van der Waals surface area contributed by atoms with Crippen molar-refractivity contribution in [1.82, 2.24) is 10.2 Å². The lowest BCUT2D eigenvalue weighted by atomic mass is 9.94. The first-order valence-electron chi connectivity index (χ1n) is 8.50. The summed E-state index contributed by atoms with van der Waals surface area (Å²) in [5, 5.41) is 2.94. The monoisotopic (exact) mass is 344 g/mol. The molecule has 1 N–H and O–H groups in total. The molecule has 0 spiro atoms. The maximum absolute atomic E-state index is 13.4. The van der Waals surface area contributed by atoms with Gasteiger partial charge in [0, 0.05) is 25.6 Å². The molecule has 0 saturated carbocycles. The average Bonchev–Trinajstić information content (AvgIpc) is 2.58. The SMILES string of the molecule is CN1Cc2ccc(F)cc2C[C@H]1CNC(=O)CCc1cccc(F)c1. The topological polar surface area (TPSA) is 32.3 Å². The largest absolute Gasteiger partial charge is 0.355 e. The molecule has 2 aromatic carbocycles. The Balaban J connectivity index is 1.50. The summed E-state index contributed by atoms with van der Waals surface area (Å²) in [4.78, 5) is 14.2. The Hall–Kier alpha value is -2.27. The van der Waals surface area contributed by atoms with Gasteiger partial charge in [-0.2, -0.15) is 0 Å². The van der Waals surface area contributed by atoms with Crippen LogP contribution in [0.15, 0.2) is 42.5 Å². The highest BCUT2D eigenvalue weighted by atomic mass is 19.1. The lowest BCUT2D eigenvalue weighted by molar-refractivity contribution is -0.121. The average molecular weight is 344 g/mol. The van der Waals surface area contributed by atoms with Gasteiger partial charge in [-0.05, 0) is 60.8 Å². The quantitative estimate of drug-likeness (QED) is 0.904. The second kappa shape index (κ2) is 7.74. The van der Waals surface area contributed by atoms with E-state index in [1.807, 2.05) is 19.2 Å². The van der Waals surface area contributed by atoms with Gasteiger partial charge in [-0.1, -0.05) is 18.2 Å². The van der Waals surface area contributed by atoms with E-state index >= 15 is 0 Å². The maximum Gasteiger partial charge on any atom is 0.220 e. The minimum atomic E-state index is -0.285. The van der Waals surface area contributed by atoms with Crippen LogP contribution in [0.1, 0.15) is 23.1 Å². The molecular formula is C20H22F2N2O. The maximum atomic E-state index is 13.4. The van der Waals surface area contributed by atoms with E-state index in [0.717, 1.165) is 23.2 Å². The molecule has 1 atom stereocenters. The van der Waals surface area contributed by atoms with E-state index in [9.17, 15) is 13.6 Å². The number of nitrogens with zero attached hydrogens (tertiary/aromatic N) is 1. The van der Waals surface area contributed by atoms with Gasteiger partial charge in [-0.15, -0.1) is 0 Å². The van der Waals surface area contributed by atoms with Gasteiger partial charge in [-0.3, -0.25) is 9.69 Å². The smallest absolute Gasteiger partial charge is 0.220 e. The summed E-state index contributed by atoms with van der Waals surface area (Å²) in [5.74, 6) is -0.559. The van der Waals surface area contributed by atoms with Crippen LogP contribution in [-0.4, -0.2) is 30.4 Å². The molecule has 0 fully saturated rings. The summed E-state index contributed by atoms with van der Waals surface area (Å²) in [5.41, 5.74) is 2.96. The predicted molar refractivity (Wildman–Crippen MR) is 93.1 cm³/mol. The van der Waals surface area contributed by atoms with E-state index in [1.54, 1.807) is 12.1 Å². The van der Waals surface area contributed by atoms with Crippen molar-refractivity contribution in [3.8, 4) is 0 Å². The van der Waals surface area contributed by atoms with Crippen molar-refractivity contribution >= 4 is 5.91 Å². The number of nitrogens with one attached hydrogen (secondary N) is 1. The summed E-state index contributed by atoms with van der Waals surface area (Å²) in [7, 11) is 2.01. The first-order chi connectivity index (χ1) is 12.0. The van der Waals surface area contributed by atoms with Gasteiger partial charge in [0.15, 0.2) is 0 Å². The molecule has 1 aliphatic rings. The van der Waals surface area contributed by atoms with Crippen LogP contribution in [0.3, 0.4) is 0 Å². The molecule has 0 aromatic heterocycles. The Morgan fingerprint density at radius 2 is 1.96 bits per heavy atom. The van der Waals surface area contributed by atoms with E-state index < -0.39 is 0 Å². The zero-order valence-electron chi connectivity index (χ0n) is 14.3. The molecule has 1 aliphatic heterocycles. The molecule has 0 bridgehead atoms. The van der Waals surface area contributed by atoms with E-state index in [-0.39, 0.29) is 23.6 Å². The molecule has 2 aromatic rings. The van der Waals surface area contributed by atoms with E-state index in [4.69, 9.17) is 0 Å². The van der Waals surface area contributed by atoms with Crippen molar-refractivity contribution in [3.63, 3.8) is 0 Å². The van der Waals surface area contributed by atoms with Crippen LogP contribution in [0.25, 0.3) is 0 Å². The summed E-state index contributed by atoms with van der Waals surface area (Å²) in [6.07, 6.45) is 1.55. The molecule has 1 amide bonds. The van der Waals surface area contributed by atoms with Crippen molar-refractivity contribution < 1.29 is 13.6 Å². The summed E-state index contributed by atoms with van der Waals surface area (Å²) < 4.78 is 26.6. The van der Waals surface area contributed by atoms with Crippen molar-refractivity contribution in [2.45, 2.75) is 31.8 Å². The molecule has 0 saturated heterocycles. The van der Waals surface area contributed by atoms with Crippen LogP contribution >= 0.6 is 0 Å². The number of fused-ring (bicyclic) bond motifs is 1. The molecule has 0 radical (unpaired) electrons. The summed E-state index contributed by atoms with van der Waals surface area (Å²) >= 11 is 0. The molecule has 3 nitrogen and oxygen atoms in total. The number of hydrogen-bond acceptors (Lipinski definition) is 2. The Morgan fingerprint density at radius 1 is 1.16 bits per heavy atom. The molecule has 3 rings (SSSR count). The van der Waals surface area contributed by atoms with Crippen LogP contribution in [0.5, 0.6) is 0 Å². The van der Waals surface area contributed by atoms with Gasteiger partial charge in [-0.25, -0.2) is 8.78 Å². The Labute approximate surface area is 146 Å². The predicted octanol–water partition coefficient (Wildman–Crippen LogP) is 3.07. The van der Waals surface area contributed by atoms with Gasteiger partial charge in [0.25, 0.3) is 0 Å². The second-order valence-electron chi connectivity index (χ2n) is 6.62. The fraction of sp³-hybridized carbons (Fsp3) is 0.350. The molecule has 132 valence electrons. The van der Waals surface area contributed by atoms with Gasteiger partial charge in [0.2, 0.25) is 5.91 Å². The summed E-state index contributed by atoms with van der Waals surface area (Å²) in [6, 6.07) is 11.4. The Bertz CT molecular complexity index is 763. The fourth-order valence-corrected chi connectivity index (χ4v) is 3.24. The highest BCUT2D eigenvalue weighted by Crippen LogP contribution is 2.22. The molecule has 25 heavy (non-hydrogen) atoms. The standard InChI is InChI=1S/C20H22F2N2O/c1-24-13-15-6-7-18(22)10-16(15)11-19(24)12-23-20(25)8-5-14-3-2-4-17(21)9-14/h2-4,6-7,9-10,19H,5,8,11-13H2,1H3,(H,23,25)/t19-/m0/s1. The van der Waals surface area contributed by atoms with Crippen molar-refractivity contribution in [1.29, 1.82) is 0 Å². The molecule has 1 heterocycles. The van der Waals surface area contributed by atoms with Crippen molar-refractivity contribution in [2.24, 2.45) is 0 Å². The molecule has 0 aliphatic carbocycles. The summed E-state index contributed by atoms with van der Waals surface area (Å²) in [6.45, 7) is 1.27. The number of carbonyl (C=O) groups excluding carboxylic acids is 1. The Kier molecular flexibility index (Phi) is 5.43. The normalized spacial score (nSPS) is 17.2. The van der Waals surface area contributed by atoms with E-state index in [2.05, 4.69) is 10.2 Å². The number of rotatable bonds is 5. The van der Waals surface area contributed by atoms with E-state index in [0.29, 0.717) is 25.8 Å². The van der Waals surface area contributed by atoms with Crippen LogP contribution in [0.2, 0.25) is 0 Å². The minimum absolute atomic E-state index is 0.0531. The third-order valence-corrected chi connectivity index (χ3v) is 4.73. The fourth-order valence-electron chi connectivity index (χ4n) is 3.24. The van der Waals surface area contributed by atoms with Crippen molar-refractivity contribution in [3.05, 3.63) is 70.8 Å². The van der Waals surface area contributed by atoms with Crippen LogP contribution in [0, 0.1) is 11.6 Å².